The zero-order chi connectivity index (χ0) is 24.8. The number of rotatable bonds is 5. The number of para-hydroxylation sites is 1. The molecule has 0 radical (unpaired) electrons. The summed E-state index contributed by atoms with van der Waals surface area (Å²) in [6.07, 6.45) is 1.17. The van der Waals surface area contributed by atoms with Gasteiger partial charge >= 0.3 is 0 Å². The highest BCUT2D eigenvalue weighted by atomic mass is 35.5. The molecule has 6 nitrogen and oxygen atoms in total. The molecule has 2 aliphatic rings. The average Bonchev–Trinajstić information content (AvgIpc) is 3.28. The first kappa shape index (κ1) is 22.7. The fourth-order valence-corrected chi connectivity index (χ4v) is 5.69. The van der Waals surface area contributed by atoms with Crippen LogP contribution in [0.3, 0.4) is 0 Å². The van der Waals surface area contributed by atoms with Gasteiger partial charge in [-0.1, -0.05) is 54.1 Å². The third-order valence-corrected chi connectivity index (χ3v) is 7.61. The van der Waals surface area contributed by atoms with Crippen LogP contribution in [0.5, 0.6) is 5.75 Å². The fourth-order valence-electron chi connectivity index (χ4n) is 5.56. The maximum Gasteiger partial charge on any atom is 0.246 e. The molecule has 182 valence electrons. The highest BCUT2D eigenvalue weighted by Gasteiger charge is 2.48. The van der Waals surface area contributed by atoms with Crippen LogP contribution in [0.25, 0.3) is 10.9 Å². The zero-order valence-electron chi connectivity index (χ0n) is 19.9. The monoisotopic (exact) mass is 499 g/mol. The van der Waals surface area contributed by atoms with E-state index in [-0.39, 0.29) is 24.4 Å². The number of nitrogens with one attached hydrogen (secondary N) is 1. The molecule has 1 saturated heterocycles. The van der Waals surface area contributed by atoms with Crippen LogP contribution in [0.4, 0.5) is 0 Å². The molecular formula is C29H26ClN3O3. The number of ether oxygens (including phenoxy) is 1. The van der Waals surface area contributed by atoms with Gasteiger partial charge in [0.2, 0.25) is 11.8 Å². The quantitative estimate of drug-likeness (QED) is 0.430. The molecule has 4 aromatic rings. The summed E-state index contributed by atoms with van der Waals surface area (Å²) in [4.78, 5) is 34.5. The van der Waals surface area contributed by atoms with E-state index in [0.717, 1.165) is 39.0 Å². The number of H-pyrrole nitrogens is 1. The van der Waals surface area contributed by atoms with E-state index < -0.39 is 6.04 Å². The summed E-state index contributed by atoms with van der Waals surface area (Å²) in [7, 11) is 1.64. The van der Waals surface area contributed by atoms with Gasteiger partial charge in [0.15, 0.2) is 0 Å². The van der Waals surface area contributed by atoms with Crippen molar-refractivity contribution in [1.82, 2.24) is 14.8 Å². The Balaban J connectivity index is 1.35. The van der Waals surface area contributed by atoms with Crippen LogP contribution in [-0.2, 0) is 22.4 Å². The first-order chi connectivity index (χ1) is 17.5. The van der Waals surface area contributed by atoms with Gasteiger partial charge in [0.25, 0.3) is 0 Å². The number of methoxy groups -OCH3 is 1. The maximum absolute atomic E-state index is 13.8. The van der Waals surface area contributed by atoms with Crippen LogP contribution in [0.1, 0.15) is 28.4 Å². The number of piperazine rings is 1. The second-order valence-corrected chi connectivity index (χ2v) is 9.83. The van der Waals surface area contributed by atoms with Crippen molar-refractivity contribution in [2.45, 2.75) is 24.9 Å². The van der Waals surface area contributed by atoms with Crippen molar-refractivity contribution in [1.29, 1.82) is 0 Å². The van der Waals surface area contributed by atoms with E-state index in [2.05, 4.69) is 11.1 Å². The summed E-state index contributed by atoms with van der Waals surface area (Å²) < 4.78 is 5.23. The average molecular weight is 500 g/mol. The SMILES string of the molecule is COc1ccc(CCN2CC(=O)N3[C@H](c4ccc(Cl)cc4)c4[nH]c5ccccc5c4C[C@H]3C2=O)cc1. The van der Waals surface area contributed by atoms with Crippen LogP contribution in [0.2, 0.25) is 5.02 Å². The van der Waals surface area contributed by atoms with E-state index in [4.69, 9.17) is 16.3 Å². The Hall–Kier alpha value is -3.77. The molecule has 2 atom stereocenters. The molecule has 2 amide bonds. The van der Waals surface area contributed by atoms with Gasteiger partial charge in [0.05, 0.1) is 19.7 Å². The highest BCUT2D eigenvalue weighted by Crippen LogP contribution is 2.42. The molecule has 0 unspecified atom stereocenters. The predicted molar refractivity (Wildman–Crippen MR) is 139 cm³/mol. The van der Waals surface area contributed by atoms with Gasteiger partial charge in [-0.25, -0.2) is 0 Å². The van der Waals surface area contributed by atoms with Crippen molar-refractivity contribution in [3.8, 4) is 5.75 Å². The Morgan fingerprint density at radius 1 is 1.00 bits per heavy atom. The summed E-state index contributed by atoms with van der Waals surface area (Å²) >= 11 is 6.17. The van der Waals surface area contributed by atoms with Crippen LogP contribution < -0.4 is 4.74 Å². The molecular weight excluding hydrogens is 474 g/mol. The molecule has 1 N–H and O–H groups in total. The van der Waals surface area contributed by atoms with Crippen molar-refractivity contribution in [3.05, 3.63) is 100 Å². The van der Waals surface area contributed by atoms with Gasteiger partial charge in [0, 0.05) is 34.6 Å². The van der Waals surface area contributed by atoms with E-state index in [0.29, 0.717) is 24.4 Å². The molecule has 1 fully saturated rings. The first-order valence-electron chi connectivity index (χ1n) is 12.1. The van der Waals surface area contributed by atoms with Gasteiger partial charge in [-0.2, -0.15) is 0 Å². The Bertz CT molecular complexity index is 1450. The number of carbonyl (C=O) groups is 2. The Labute approximate surface area is 214 Å². The minimum Gasteiger partial charge on any atom is -0.497 e. The Morgan fingerprint density at radius 3 is 2.50 bits per heavy atom. The normalized spacial score (nSPS) is 19.4. The molecule has 6 rings (SSSR count). The van der Waals surface area contributed by atoms with Crippen LogP contribution in [-0.4, -0.2) is 52.8 Å². The van der Waals surface area contributed by atoms with E-state index in [9.17, 15) is 9.59 Å². The molecule has 0 spiro atoms. The Kier molecular flexibility index (Phi) is 5.69. The van der Waals surface area contributed by atoms with Gasteiger partial charge < -0.3 is 19.5 Å². The zero-order valence-corrected chi connectivity index (χ0v) is 20.7. The number of aromatic nitrogens is 1. The number of halogens is 1. The van der Waals surface area contributed by atoms with Crippen molar-refractivity contribution < 1.29 is 14.3 Å². The van der Waals surface area contributed by atoms with Crippen molar-refractivity contribution in [2.75, 3.05) is 20.2 Å². The molecule has 0 aliphatic carbocycles. The lowest BCUT2D eigenvalue weighted by atomic mass is 9.86. The van der Waals surface area contributed by atoms with E-state index >= 15 is 0 Å². The smallest absolute Gasteiger partial charge is 0.246 e. The second-order valence-electron chi connectivity index (χ2n) is 9.40. The number of fused-ring (bicyclic) bond motifs is 4. The molecule has 0 bridgehead atoms. The molecule has 7 heteroatoms. The molecule has 3 aromatic carbocycles. The number of hydrogen-bond donors (Lipinski definition) is 1. The van der Waals surface area contributed by atoms with Crippen LogP contribution >= 0.6 is 11.6 Å². The first-order valence-corrected chi connectivity index (χ1v) is 12.5. The molecule has 0 saturated carbocycles. The number of benzene rings is 3. The topological polar surface area (TPSA) is 65.6 Å². The molecule has 1 aromatic heterocycles. The number of hydrogen-bond acceptors (Lipinski definition) is 3. The van der Waals surface area contributed by atoms with E-state index in [1.165, 1.54) is 0 Å². The third-order valence-electron chi connectivity index (χ3n) is 7.36. The largest absolute Gasteiger partial charge is 0.497 e. The molecule has 3 heterocycles. The number of amides is 2. The Morgan fingerprint density at radius 2 is 1.75 bits per heavy atom. The second kappa shape index (κ2) is 9.03. The lowest BCUT2D eigenvalue weighted by Gasteiger charge is -2.47. The van der Waals surface area contributed by atoms with Gasteiger partial charge in [0.1, 0.15) is 11.8 Å². The standard InChI is InChI=1S/C29H26ClN3O3/c1-36-21-12-6-18(7-13-21)14-15-32-17-26(34)33-25(29(32)35)16-23-22-4-2-3-5-24(22)31-27(23)28(33)19-8-10-20(30)11-9-19/h2-13,25,28,31H,14-17H2,1H3/t25-,28+/m0/s1. The maximum atomic E-state index is 13.8. The highest BCUT2D eigenvalue weighted by molar-refractivity contribution is 6.30. The van der Waals surface area contributed by atoms with E-state index in [1.807, 2.05) is 66.7 Å². The van der Waals surface area contributed by atoms with Crippen molar-refractivity contribution in [2.24, 2.45) is 0 Å². The van der Waals surface area contributed by atoms with E-state index in [1.54, 1.807) is 16.9 Å². The number of carbonyl (C=O) groups excluding carboxylic acids is 2. The lowest BCUT2D eigenvalue weighted by molar-refractivity contribution is -0.158. The van der Waals surface area contributed by atoms with Gasteiger partial charge in [-0.15, -0.1) is 0 Å². The summed E-state index contributed by atoms with van der Waals surface area (Å²) in [6, 6.07) is 22.6. The summed E-state index contributed by atoms with van der Waals surface area (Å²) in [5, 5.41) is 1.73. The number of aromatic amines is 1. The minimum absolute atomic E-state index is 0.00185. The van der Waals surface area contributed by atoms with Crippen molar-refractivity contribution >= 4 is 34.3 Å². The predicted octanol–water partition coefficient (Wildman–Crippen LogP) is 4.76. The third kappa shape index (κ3) is 3.82. The molecule has 2 aliphatic heterocycles. The summed E-state index contributed by atoms with van der Waals surface area (Å²) in [5.74, 6) is 0.750. The molecule has 36 heavy (non-hydrogen) atoms. The van der Waals surface area contributed by atoms with Crippen LogP contribution in [0.15, 0.2) is 72.8 Å². The van der Waals surface area contributed by atoms with Crippen molar-refractivity contribution in [3.63, 3.8) is 0 Å². The number of nitrogens with zero attached hydrogens (tertiary/aromatic N) is 2. The summed E-state index contributed by atoms with van der Waals surface area (Å²) in [6.45, 7) is 0.568. The summed E-state index contributed by atoms with van der Waals surface area (Å²) in [5.41, 5.74) is 5.12. The van der Waals surface area contributed by atoms with Gasteiger partial charge in [-0.3, -0.25) is 9.59 Å². The minimum atomic E-state index is -0.547. The van der Waals surface area contributed by atoms with Gasteiger partial charge in [-0.05, 0) is 53.4 Å². The van der Waals surface area contributed by atoms with Crippen LogP contribution in [0, 0.1) is 0 Å². The lowest BCUT2D eigenvalue weighted by Crippen LogP contribution is -2.63. The fraction of sp³-hybridized carbons (Fsp3) is 0.241.